The molecule has 1 N–H and O–H groups in total. The fraction of sp³-hybridized carbons (Fsp3) is 0.562. The van der Waals surface area contributed by atoms with Crippen LogP contribution in [0.15, 0.2) is 29.3 Å². The van der Waals surface area contributed by atoms with E-state index in [-0.39, 0.29) is 24.0 Å². The molecule has 0 unspecified atom stereocenters. The number of hydrogen-bond acceptors (Lipinski definition) is 3. The molecule has 0 saturated heterocycles. The van der Waals surface area contributed by atoms with E-state index >= 15 is 0 Å². The van der Waals surface area contributed by atoms with Crippen LogP contribution in [0, 0.1) is 0 Å². The van der Waals surface area contributed by atoms with E-state index in [0.717, 1.165) is 23.1 Å². The van der Waals surface area contributed by atoms with E-state index in [1.165, 1.54) is 0 Å². The van der Waals surface area contributed by atoms with Gasteiger partial charge in [-0.25, -0.2) is 0 Å². The SMILES string of the molecule is CCNC(=NCCOCCOC)N(C)Cc1ccccc1Cl.I. The number of aliphatic imine (C=N–C) groups is 1. The highest BCUT2D eigenvalue weighted by atomic mass is 127. The van der Waals surface area contributed by atoms with Gasteiger partial charge in [0, 0.05) is 32.3 Å². The molecule has 0 aliphatic rings. The summed E-state index contributed by atoms with van der Waals surface area (Å²) < 4.78 is 10.4. The molecule has 132 valence electrons. The van der Waals surface area contributed by atoms with Gasteiger partial charge >= 0.3 is 0 Å². The largest absolute Gasteiger partial charge is 0.382 e. The zero-order valence-electron chi connectivity index (χ0n) is 14.0. The molecule has 0 spiro atoms. The molecule has 5 nitrogen and oxygen atoms in total. The molecule has 0 aliphatic carbocycles. The maximum Gasteiger partial charge on any atom is 0.194 e. The lowest BCUT2D eigenvalue weighted by molar-refractivity contribution is 0.0747. The van der Waals surface area contributed by atoms with Crippen LogP contribution >= 0.6 is 35.6 Å². The fourth-order valence-corrected chi connectivity index (χ4v) is 2.08. The lowest BCUT2D eigenvalue weighted by Gasteiger charge is -2.22. The third kappa shape index (κ3) is 9.34. The topological polar surface area (TPSA) is 46.1 Å². The Hall–Kier alpha value is -0.570. The average Bonchev–Trinajstić information content (AvgIpc) is 2.51. The second-order valence-corrected chi connectivity index (χ2v) is 5.20. The van der Waals surface area contributed by atoms with E-state index in [1.54, 1.807) is 7.11 Å². The maximum atomic E-state index is 6.21. The molecule has 0 heterocycles. The van der Waals surface area contributed by atoms with Gasteiger partial charge < -0.3 is 19.7 Å². The van der Waals surface area contributed by atoms with Crippen LogP contribution in [0.5, 0.6) is 0 Å². The van der Waals surface area contributed by atoms with Gasteiger partial charge in [0.05, 0.1) is 26.4 Å². The Balaban J connectivity index is 0.00000484. The van der Waals surface area contributed by atoms with Crippen LogP contribution in [0.1, 0.15) is 12.5 Å². The molecule has 0 aromatic heterocycles. The highest BCUT2D eigenvalue weighted by molar-refractivity contribution is 14.0. The molecule has 0 aliphatic heterocycles. The summed E-state index contributed by atoms with van der Waals surface area (Å²) in [6.45, 7) is 5.96. The first kappa shape index (κ1) is 22.4. The molecule has 1 aromatic rings. The van der Waals surface area contributed by atoms with Crippen molar-refractivity contribution >= 4 is 41.5 Å². The number of nitrogens with one attached hydrogen (secondary N) is 1. The minimum Gasteiger partial charge on any atom is -0.382 e. The Morgan fingerprint density at radius 3 is 2.65 bits per heavy atom. The van der Waals surface area contributed by atoms with E-state index in [0.29, 0.717) is 32.9 Å². The van der Waals surface area contributed by atoms with Crippen molar-refractivity contribution in [3.8, 4) is 0 Å². The van der Waals surface area contributed by atoms with Crippen molar-refractivity contribution in [3.63, 3.8) is 0 Å². The summed E-state index contributed by atoms with van der Waals surface area (Å²) in [7, 11) is 3.66. The Bertz CT molecular complexity index is 461. The molecule has 0 saturated carbocycles. The van der Waals surface area contributed by atoms with Gasteiger partial charge in [-0.3, -0.25) is 4.99 Å². The van der Waals surface area contributed by atoms with Gasteiger partial charge in [-0.2, -0.15) is 0 Å². The Morgan fingerprint density at radius 1 is 1.26 bits per heavy atom. The predicted molar refractivity (Wildman–Crippen MR) is 107 cm³/mol. The number of nitrogens with zero attached hydrogens (tertiary/aromatic N) is 2. The van der Waals surface area contributed by atoms with Crippen molar-refractivity contribution in [1.82, 2.24) is 10.2 Å². The monoisotopic (exact) mass is 455 g/mol. The van der Waals surface area contributed by atoms with Gasteiger partial charge in [-0.1, -0.05) is 29.8 Å². The fourth-order valence-electron chi connectivity index (χ4n) is 1.89. The number of methoxy groups -OCH3 is 1. The number of halogens is 2. The predicted octanol–water partition coefficient (Wildman–Crippen LogP) is 3.02. The second-order valence-electron chi connectivity index (χ2n) is 4.79. The van der Waals surface area contributed by atoms with Crippen molar-refractivity contribution in [2.75, 3.05) is 47.1 Å². The zero-order chi connectivity index (χ0) is 16.2. The van der Waals surface area contributed by atoms with Crippen LogP contribution in [0.3, 0.4) is 0 Å². The molecule has 7 heteroatoms. The minimum absolute atomic E-state index is 0. The number of ether oxygens (including phenoxy) is 2. The van der Waals surface area contributed by atoms with Gasteiger partial charge in [0.15, 0.2) is 5.96 Å². The van der Waals surface area contributed by atoms with E-state index < -0.39 is 0 Å². The van der Waals surface area contributed by atoms with Crippen molar-refractivity contribution in [1.29, 1.82) is 0 Å². The Morgan fingerprint density at radius 2 is 2.00 bits per heavy atom. The first-order chi connectivity index (χ1) is 10.7. The Labute approximate surface area is 161 Å². The highest BCUT2D eigenvalue weighted by Crippen LogP contribution is 2.16. The van der Waals surface area contributed by atoms with Crippen LogP contribution in [-0.4, -0.2) is 57.9 Å². The third-order valence-electron chi connectivity index (χ3n) is 2.99. The first-order valence-corrected chi connectivity index (χ1v) is 7.86. The van der Waals surface area contributed by atoms with Crippen molar-refractivity contribution in [3.05, 3.63) is 34.9 Å². The molecular weight excluding hydrogens is 429 g/mol. The van der Waals surface area contributed by atoms with E-state index in [4.69, 9.17) is 21.1 Å². The number of hydrogen-bond donors (Lipinski definition) is 1. The van der Waals surface area contributed by atoms with E-state index in [2.05, 4.69) is 15.2 Å². The first-order valence-electron chi connectivity index (χ1n) is 7.48. The molecule has 1 rings (SSSR count). The maximum absolute atomic E-state index is 6.21. The standard InChI is InChI=1S/C16H26ClN3O2.HI/c1-4-18-16(19-9-10-22-12-11-21-3)20(2)13-14-7-5-6-8-15(14)17;/h5-8H,4,9-13H2,1-3H3,(H,18,19);1H. The summed E-state index contributed by atoms with van der Waals surface area (Å²) in [6.07, 6.45) is 0. The zero-order valence-corrected chi connectivity index (χ0v) is 17.1. The van der Waals surface area contributed by atoms with E-state index in [9.17, 15) is 0 Å². The van der Waals surface area contributed by atoms with Gasteiger partial charge in [-0.05, 0) is 18.6 Å². The van der Waals surface area contributed by atoms with Crippen LogP contribution < -0.4 is 5.32 Å². The molecule has 23 heavy (non-hydrogen) atoms. The molecule has 0 atom stereocenters. The van der Waals surface area contributed by atoms with Crippen molar-refractivity contribution in [2.45, 2.75) is 13.5 Å². The lowest BCUT2D eigenvalue weighted by atomic mass is 10.2. The van der Waals surface area contributed by atoms with Crippen molar-refractivity contribution < 1.29 is 9.47 Å². The molecular formula is C16H27ClIN3O2. The van der Waals surface area contributed by atoms with E-state index in [1.807, 2.05) is 38.2 Å². The molecule has 0 bridgehead atoms. The number of rotatable bonds is 9. The second kappa shape index (κ2) is 13.8. The van der Waals surface area contributed by atoms with Gasteiger partial charge in [-0.15, -0.1) is 24.0 Å². The van der Waals surface area contributed by atoms with Crippen LogP contribution in [0.2, 0.25) is 5.02 Å². The number of benzene rings is 1. The quantitative estimate of drug-likeness (QED) is 0.269. The smallest absolute Gasteiger partial charge is 0.194 e. The lowest BCUT2D eigenvalue weighted by Crippen LogP contribution is -2.38. The summed E-state index contributed by atoms with van der Waals surface area (Å²) in [5, 5.41) is 4.05. The third-order valence-corrected chi connectivity index (χ3v) is 3.36. The minimum atomic E-state index is 0. The summed E-state index contributed by atoms with van der Waals surface area (Å²) in [5.74, 6) is 0.845. The molecule has 1 aromatic carbocycles. The molecule has 0 fully saturated rings. The summed E-state index contributed by atoms with van der Waals surface area (Å²) in [5.41, 5.74) is 1.08. The summed E-state index contributed by atoms with van der Waals surface area (Å²) in [6, 6.07) is 7.85. The summed E-state index contributed by atoms with van der Waals surface area (Å²) >= 11 is 6.21. The molecule has 0 radical (unpaired) electrons. The van der Waals surface area contributed by atoms with Gasteiger partial charge in [0.1, 0.15) is 0 Å². The van der Waals surface area contributed by atoms with Gasteiger partial charge in [0.2, 0.25) is 0 Å². The normalized spacial score (nSPS) is 11.0. The van der Waals surface area contributed by atoms with Crippen molar-refractivity contribution in [2.24, 2.45) is 4.99 Å². The van der Waals surface area contributed by atoms with Crippen LogP contribution in [0.4, 0.5) is 0 Å². The molecule has 0 amide bonds. The summed E-state index contributed by atoms with van der Waals surface area (Å²) in [4.78, 5) is 6.61. The average molecular weight is 456 g/mol. The number of guanidine groups is 1. The van der Waals surface area contributed by atoms with Crippen LogP contribution in [-0.2, 0) is 16.0 Å². The van der Waals surface area contributed by atoms with Gasteiger partial charge in [0.25, 0.3) is 0 Å². The van der Waals surface area contributed by atoms with Crippen LogP contribution in [0.25, 0.3) is 0 Å². The Kier molecular flexibility index (Phi) is 13.5. The highest BCUT2D eigenvalue weighted by Gasteiger charge is 2.08.